The molecule has 0 aliphatic carbocycles. The number of hydrazone groups is 1. The van der Waals surface area contributed by atoms with E-state index in [2.05, 4.69) is 37.1 Å². The molecule has 41 heavy (non-hydrogen) atoms. The van der Waals surface area contributed by atoms with Crippen LogP contribution in [0.3, 0.4) is 0 Å². The van der Waals surface area contributed by atoms with Gasteiger partial charge in [-0.05, 0) is 79.0 Å². The third-order valence-electron chi connectivity index (χ3n) is 5.71. The zero-order valence-corrected chi connectivity index (χ0v) is 25.3. The van der Waals surface area contributed by atoms with E-state index in [-0.39, 0.29) is 18.3 Å². The van der Waals surface area contributed by atoms with Crippen molar-refractivity contribution in [2.24, 2.45) is 5.10 Å². The lowest BCUT2D eigenvalue weighted by molar-refractivity contribution is -0.136. The molecule has 0 spiro atoms. The summed E-state index contributed by atoms with van der Waals surface area (Å²) in [7, 11) is 2.83. The van der Waals surface area contributed by atoms with Crippen molar-refractivity contribution in [3.8, 4) is 23.0 Å². The molecule has 0 radical (unpaired) electrons. The Morgan fingerprint density at radius 2 is 1.93 bits per heavy atom. The molecular weight excluding hydrogens is 600 g/mol. The number of urea groups is 1. The minimum absolute atomic E-state index is 0.0280. The number of carbonyl (C=O) groups is 2. The molecular formula is C28H35BrN4O8. The van der Waals surface area contributed by atoms with Crippen LogP contribution in [0.2, 0.25) is 0 Å². The minimum atomic E-state index is -1.14. The van der Waals surface area contributed by atoms with Crippen molar-refractivity contribution in [1.82, 2.24) is 16.1 Å². The maximum Gasteiger partial charge on any atom is 0.337 e. The standard InChI is InChI=1S/C28H35BrN4O8/c1-7-39-21-12-18(25-24(27(35)38-6)16(4)31-28(36)32-25)8-9-20(21)40-14-23(34)33-30-13-17-10-19(29)26(41-15(2)3)22(11-17)37-5/h8-13,15,23,25,33-34H,7,14H2,1-6H3,(H2,31,32,36)/b30-13+/t23-,25+/m1/s1. The van der Waals surface area contributed by atoms with Crippen LogP contribution in [0.25, 0.3) is 0 Å². The van der Waals surface area contributed by atoms with Gasteiger partial charge in [-0.15, -0.1) is 0 Å². The number of hydrogen-bond acceptors (Lipinski definition) is 10. The fourth-order valence-electron chi connectivity index (χ4n) is 3.98. The fraction of sp³-hybridized carbons (Fsp3) is 0.393. The first-order valence-electron chi connectivity index (χ1n) is 12.8. The Kier molecular flexibility index (Phi) is 11.2. The molecule has 222 valence electrons. The van der Waals surface area contributed by atoms with Gasteiger partial charge in [0.25, 0.3) is 0 Å². The Morgan fingerprint density at radius 3 is 2.59 bits per heavy atom. The lowest BCUT2D eigenvalue weighted by Crippen LogP contribution is -2.45. The average Bonchev–Trinajstić information content (AvgIpc) is 2.92. The van der Waals surface area contributed by atoms with Crippen molar-refractivity contribution < 1.29 is 38.4 Å². The largest absolute Gasteiger partial charge is 0.493 e. The Balaban J connectivity index is 1.69. The Labute approximate surface area is 247 Å². The summed E-state index contributed by atoms with van der Waals surface area (Å²) in [6.07, 6.45) is 0.354. The Bertz CT molecular complexity index is 1310. The number of halogens is 1. The van der Waals surface area contributed by atoms with Gasteiger partial charge >= 0.3 is 12.0 Å². The van der Waals surface area contributed by atoms with Crippen molar-refractivity contribution in [3.63, 3.8) is 0 Å². The second-order valence-electron chi connectivity index (χ2n) is 9.12. The molecule has 0 saturated carbocycles. The number of amides is 2. The number of nitrogens with zero attached hydrogens (tertiary/aromatic N) is 1. The van der Waals surface area contributed by atoms with Gasteiger partial charge in [0.15, 0.2) is 29.2 Å². The first-order chi connectivity index (χ1) is 19.6. The quantitative estimate of drug-likeness (QED) is 0.112. The van der Waals surface area contributed by atoms with Gasteiger partial charge in [-0.3, -0.25) is 5.43 Å². The minimum Gasteiger partial charge on any atom is -0.493 e. The summed E-state index contributed by atoms with van der Waals surface area (Å²) in [6, 6.07) is 7.38. The van der Waals surface area contributed by atoms with Gasteiger partial charge in [0.05, 0.1) is 49.2 Å². The molecule has 1 aliphatic rings. The zero-order valence-electron chi connectivity index (χ0n) is 23.7. The van der Waals surface area contributed by atoms with Crippen LogP contribution in [0.1, 0.15) is 44.9 Å². The summed E-state index contributed by atoms with van der Waals surface area (Å²) in [5, 5.41) is 19.8. The van der Waals surface area contributed by atoms with E-state index in [4.69, 9.17) is 23.7 Å². The van der Waals surface area contributed by atoms with Crippen LogP contribution >= 0.6 is 15.9 Å². The summed E-state index contributed by atoms with van der Waals surface area (Å²) >= 11 is 3.49. The van der Waals surface area contributed by atoms with Gasteiger partial charge in [0.1, 0.15) is 6.61 Å². The van der Waals surface area contributed by atoms with E-state index in [1.165, 1.54) is 13.3 Å². The Hall–Kier alpha value is -3.97. The summed E-state index contributed by atoms with van der Waals surface area (Å²) in [6.45, 7) is 7.47. The molecule has 0 saturated heterocycles. The van der Waals surface area contributed by atoms with Crippen molar-refractivity contribution >= 4 is 34.1 Å². The van der Waals surface area contributed by atoms with Crippen LogP contribution in [0.4, 0.5) is 4.79 Å². The number of esters is 1. The van der Waals surface area contributed by atoms with Crippen LogP contribution in [0.15, 0.2) is 51.2 Å². The first kappa shape index (κ1) is 31.6. The molecule has 2 atom stereocenters. The fourth-order valence-corrected chi connectivity index (χ4v) is 4.54. The highest BCUT2D eigenvalue weighted by atomic mass is 79.9. The molecule has 13 heteroatoms. The zero-order chi connectivity index (χ0) is 30.1. The van der Waals surface area contributed by atoms with Crippen LogP contribution in [0.5, 0.6) is 23.0 Å². The van der Waals surface area contributed by atoms with Crippen molar-refractivity contribution in [2.75, 3.05) is 27.4 Å². The number of ether oxygens (including phenoxy) is 5. The van der Waals surface area contributed by atoms with Gasteiger partial charge in [0.2, 0.25) is 0 Å². The lowest BCUT2D eigenvalue weighted by atomic mass is 9.95. The van der Waals surface area contributed by atoms with E-state index in [9.17, 15) is 14.7 Å². The van der Waals surface area contributed by atoms with Gasteiger partial charge in [-0.2, -0.15) is 5.10 Å². The third-order valence-corrected chi connectivity index (χ3v) is 6.30. The number of hydrogen-bond donors (Lipinski definition) is 4. The normalized spacial score (nSPS) is 15.7. The number of aliphatic hydroxyl groups is 1. The number of rotatable bonds is 13. The molecule has 12 nitrogen and oxygen atoms in total. The summed E-state index contributed by atoms with van der Waals surface area (Å²) in [4.78, 5) is 24.5. The monoisotopic (exact) mass is 634 g/mol. The number of methoxy groups -OCH3 is 2. The van der Waals surface area contributed by atoms with Crippen LogP contribution in [0, 0.1) is 0 Å². The van der Waals surface area contributed by atoms with Gasteiger partial charge < -0.3 is 39.4 Å². The molecule has 2 aromatic rings. The van der Waals surface area contributed by atoms with E-state index in [1.54, 1.807) is 38.3 Å². The molecule has 3 rings (SSSR count). The van der Waals surface area contributed by atoms with E-state index in [0.717, 1.165) is 0 Å². The second kappa shape index (κ2) is 14.6. The highest BCUT2D eigenvalue weighted by Gasteiger charge is 2.32. The number of aliphatic hydroxyl groups excluding tert-OH is 1. The van der Waals surface area contributed by atoms with E-state index in [1.807, 2.05) is 26.8 Å². The van der Waals surface area contributed by atoms with E-state index >= 15 is 0 Å². The maximum absolute atomic E-state index is 12.4. The van der Waals surface area contributed by atoms with Gasteiger partial charge in [-0.25, -0.2) is 9.59 Å². The topological polar surface area (TPSA) is 149 Å². The van der Waals surface area contributed by atoms with E-state index in [0.29, 0.717) is 50.9 Å². The molecule has 1 aliphatic heterocycles. The predicted molar refractivity (Wildman–Crippen MR) is 155 cm³/mol. The number of benzene rings is 2. The molecule has 4 N–H and O–H groups in total. The van der Waals surface area contributed by atoms with Crippen molar-refractivity contribution in [1.29, 1.82) is 0 Å². The summed E-state index contributed by atoms with van der Waals surface area (Å²) in [5.74, 6) is 1.29. The maximum atomic E-state index is 12.4. The molecule has 2 aromatic carbocycles. The molecule has 0 bridgehead atoms. The molecule has 0 aromatic heterocycles. The van der Waals surface area contributed by atoms with Gasteiger partial charge in [0, 0.05) is 5.70 Å². The molecule has 0 fully saturated rings. The molecule has 0 unspecified atom stereocenters. The number of carbonyl (C=O) groups excluding carboxylic acids is 2. The highest BCUT2D eigenvalue weighted by Crippen LogP contribution is 2.37. The third kappa shape index (κ3) is 8.27. The predicted octanol–water partition coefficient (Wildman–Crippen LogP) is 3.77. The highest BCUT2D eigenvalue weighted by molar-refractivity contribution is 9.10. The van der Waals surface area contributed by atoms with Crippen molar-refractivity contribution in [3.05, 3.63) is 57.2 Å². The average molecular weight is 636 g/mol. The first-order valence-corrected chi connectivity index (χ1v) is 13.6. The summed E-state index contributed by atoms with van der Waals surface area (Å²) in [5.41, 5.74) is 4.57. The van der Waals surface area contributed by atoms with Crippen LogP contribution < -0.4 is 35.0 Å². The second-order valence-corrected chi connectivity index (χ2v) is 9.97. The van der Waals surface area contributed by atoms with E-state index < -0.39 is 24.3 Å². The van der Waals surface area contributed by atoms with Crippen LogP contribution in [-0.4, -0.2) is 63.1 Å². The SMILES string of the molecule is CCOc1cc([C@@H]2NC(=O)NC(C)=C2C(=O)OC)ccc1OC[C@@H](O)N/N=C/c1cc(Br)c(OC(C)C)c(OC)c1. The Morgan fingerprint density at radius 1 is 1.17 bits per heavy atom. The molecule has 1 heterocycles. The molecule has 2 amide bonds. The van der Waals surface area contributed by atoms with Crippen molar-refractivity contribution in [2.45, 2.75) is 46.1 Å². The number of allylic oxidation sites excluding steroid dienone is 1. The number of nitrogens with one attached hydrogen (secondary N) is 3. The smallest absolute Gasteiger partial charge is 0.337 e. The van der Waals surface area contributed by atoms with Gasteiger partial charge in [-0.1, -0.05) is 6.07 Å². The van der Waals surface area contributed by atoms with Crippen LogP contribution in [-0.2, 0) is 9.53 Å². The lowest BCUT2D eigenvalue weighted by Gasteiger charge is -2.28. The summed E-state index contributed by atoms with van der Waals surface area (Å²) < 4.78 is 28.4.